The van der Waals surface area contributed by atoms with Crippen LogP contribution >= 0.6 is 11.6 Å². The first kappa shape index (κ1) is 10.4. The van der Waals surface area contributed by atoms with Crippen LogP contribution in [0.1, 0.15) is 12.6 Å². The van der Waals surface area contributed by atoms with Gasteiger partial charge in [0.05, 0.1) is 5.69 Å². The number of aromatic nitrogens is 2. The topological polar surface area (TPSA) is 80.2 Å². The highest BCUT2D eigenvalue weighted by Gasteiger charge is 2.39. The Morgan fingerprint density at radius 1 is 1.69 bits per heavy atom. The summed E-state index contributed by atoms with van der Waals surface area (Å²) in [5.41, 5.74) is -0.0216. The lowest BCUT2D eigenvalue weighted by Crippen LogP contribution is -2.26. The van der Waals surface area contributed by atoms with Gasteiger partial charge in [-0.2, -0.15) is 8.42 Å². The van der Waals surface area contributed by atoms with E-state index in [0.29, 0.717) is 0 Å². The van der Waals surface area contributed by atoms with Crippen LogP contribution in [0.5, 0.6) is 0 Å². The summed E-state index contributed by atoms with van der Waals surface area (Å²) < 4.78 is 28.4. The fourth-order valence-electron chi connectivity index (χ4n) is 0.642. The van der Waals surface area contributed by atoms with E-state index in [9.17, 15) is 8.42 Å². The molecule has 13 heavy (non-hydrogen) atoms. The quantitative estimate of drug-likeness (QED) is 0.584. The predicted octanol–water partition coefficient (Wildman–Crippen LogP) is 0.576. The van der Waals surface area contributed by atoms with Gasteiger partial charge in [-0.05, 0) is 13.0 Å². The lowest BCUT2D eigenvalue weighted by atomic mass is 10.3. The van der Waals surface area contributed by atoms with E-state index in [4.69, 9.17) is 16.2 Å². The van der Waals surface area contributed by atoms with Gasteiger partial charge in [-0.15, -0.1) is 0 Å². The van der Waals surface area contributed by atoms with Crippen molar-refractivity contribution in [3.8, 4) is 0 Å². The zero-order chi connectivity index (χ0) is 10.1. The highest BCUT2D eigenvalue weighted by Crippen LogP contribution is 2.31. The molecule has 0 saturated carbocycles. The Kier molecular flexibility index (Phi) is 2.56. The molecule has 0 amide bonds. The van der Waals surface area contributed by atoms with E-state index in [1.807, 2.05) is 0 Å². The van der Waals surface area contributed by atoms with E-state index in [1.54, 1.807) is 0 Å². The summed E-state index contributed by atoms with van der Waals surface area (Å²) in [6.07, 6.45) is 3.47. The third kappa shape index (κ3) is 1.96. The molecule has 0 fully saturated rings. The van der Waals surface area contributed by atoms with Crippen molar-refractivity contribution in [1.29, 1.82) is 0 Å². The normalized spacial score (nSPS) is 16.5. The van der Waals surface area contributed by atoms with Crippen LogP contribution < -0.4 is 0 Å². The molecule has 0 bridgehead atoms. The first-order valence-electron chi connectivity index (χ1n) is 3.21. The third-order valence-electron chi connectivity index (χ3n) is 1.48. The number of halogens is 1. The molecule has 1 rings (SSSR count). The molecule has 1 aromatic rings. The van der Waals surface area contributed by atoms with E-state index in [1.165, 1.54) is 12.3 Å². The van der Waals surface area contributed by atoms with Crippen molar-refractivity contribution in [1.82, 2.24) is 9.97 Å². The second kappa shape index (κ2) is 3.21. The van der Waals surface area contributed by atoms with Gasteiger partial charge in [0.15, 0.2) is 6.33 Å². The number of hydrogen-bond acceptors (Lipinski definition) is 4. The lowest BCUT2D eigenvalue weighted by Gasteiger charge is -2.16. The molecule has 0 aromatic carbocycles. The average molecular weight is 222 g/mol. The van der Waals surface area contributed by atoms with Gasteiger partial charge in [0.1, 0.15) is 0 Å². The van der Waals surface area contributed by atoms with Crippen molar-refractivity contribution in [3.63, 3.8) is 0 Å². The van der Waals surface area contributed by atoms with Crippen LogP contribution in [0.15, 0.2) is 12.3 Å². The van der Waals surface area contributed by atoms with Crippen LogP contribution in [-0.4, -0.2) is 22.9 Å². The summed E-state index contributed by atoms with van der Waals surface area (Å²) in [6.45, 7) is 1.13. The minimum Gasteiger partial charge on any atom is -0.284 e. The largest absolute Gasteiger partial charge is 0.290 e. The van der Waals surface area contributed by atoms with Gasteiger partial charge in [0, 0.05) is 6.20 Å². The number of nitrogens with zero attached hydrogens (tertiary/aromatic N) is 2. The van der Waals surface area contributed by atoms with Gasteiger partial charge in [0.25, 0.3) is 10.1 Å². The Morgan fingerprint density at radius 3 is 2.69 bits per heavy atom. The molecule has 1 aromatic heterocycles. The van der Waals surface area contributed by atoms with Crippen LogP contribution in [0, 0.1) is 6.33 Å². The summed E-state index contributed by atoms with van der Waals surface area (Å²) in [7, 11) is -4.40. The lowest BCUT2D eigenvalue weighted by molar-refractivity contribution is 0.463. The van der Waals surface area contributed by atoms with Crippen molar-refractivity contribution < 1.29 is 13.0 Å². The Balaban J connectivity index is 3.24. The zero-order valence-corrected chi connectivity index (χ0v) is 8.17. The molecule has 1 N–H and O–H groups in total. The second-order valence-electron chi connectivity index (χ2n) is 2.43. The maximum atomic E-state index is 10.8. The first-order chi connectivity index (χ1) is 5.86. The summed E-state index contributed by atoms with van der Waals surface area (Å²) in [6, 6.07) is 1.29. The zero-order valence-electron chi connectivity index (χ0n) is 6.60. The van der Waals surface area contributed by atoms with E-state index >= 15 is 0 Å². The van der Waals surface area contributed by atoms with Crippen LogP contribution in [0.4, 0.5) is 0 Å². The fourth-order valence-corrected chi connectivity index (χ4v) is 1.13. The maximum absolute atomic E-state index is 10.8. The molecule has 5 nitrogen and oxygen atoms in total. The van der Waals surface area contributed by atoms with E-state index in [0.717, 1.165) is 6.92 Å². The fraction of sp³-hybridized carbons (Fsp3) is 0.333. The van der Waals surface area contributed by atoms with Crippen molar-refractivity contribution in [2.24, 2.45) is 0 Å². The van der Waals surface area contributed by atoms with Gasteiger partial charge in [0.2, 0.25) is 4.21 Å². The molecule has 0 spiro atoms. The minimum atomic E-state index is -4.40. The standard InChI is InChI=1S/C6H6ClN2O3S/c1-6(7,13(10,11)12)5-2-3-8-4-9-5/h2-3H,1H3,(H,10,11,12). The Bertz CT molecular complexity index is 390. The summed E-state index contributed by atoms with van der Waals surface area (Å²) in [4.78, 5) is 6.98. The smallest absolute Gasteiger partial charge is 0.284 e. The summed E-state index contributed by atoms with van der Waals surface area (Å²) >= 11 is 5.59. The maximum Gasteiger partial charge on any atom is 0.290 e. The SMILES string of the molecule is CC(Cl)(c1ccn[c]n1)S(=O)(=O)O. The molecule has 71 valence electrons. The van der Waals surface area contributed by atoms with Gasteiger partial charge >= 0.3 is 0 Å². The van der Waals surface area contributed by atoms with Gasteiger partial charge in [-0.3, -0.25) is 4.55 Å². The molecule has 1 atom stereocenters. The Morgan fingerprint density at radius 2 is 2.31 bits per heavy atom. The number of hydrogen-bond donors (Lipinski definition) is 1. The second-order valence-corrected chi connectivity index (χ2v) is 5.18. The molecule has 7 heteroatoms. The van der Waals surface area contributed by atoms with Crippen LogP contribution in [-0.2, 0) is 14.3 Å². The Labute approximate surface area is 80.5 Å². The van der Waals surface area contributed by atoms with Crippen LogP contribution in [0.3, 0.4) is 0 Å². The van der Waals surface area contributed by atoms with Crippen molar-refractivity contribution in [2.75, 3.05) is 0 Å². The Hall–Kier alpha value is -0.720. The molecule has 0 aliphatic carbocycles. The van der Waals surface area contributed by atoms with Gasteiger partial charge in [-0.25, -0.2) is 9.97 Å². The number of alkyl halides is 1. The van der Waals surface area contributed by atoms with Crippen molar-refractivity contribution in [3.05, 3.63) is 24.3 Å². The van der Waals surface area contributed by atoms with Crippen molar-refractivity contribution in [2.45, 2.75) is 11.1 Å². The summed E-state index contributed by atoms with van der Waals surface area (Å²) in [5, 5.41) is 0. The highest BCUT2D eigenvalue weighted by molar-refractivity contribution is 7.88. The molecule has 0 saturated heterocycles. The minimum absolute atomic E-state index is 0.0216. The molecule has 1 unspecified atom stereocenters. The molecule has 0 aliphatic heterocycles. The third-order valence-corrected chi connectivity index (χ3v) is 3.43. The average Bonchev–Trinajstić information content (AvgIpc) is 2.04. The van der Waals surface area contributed by atoms with Gasteiger partial charge < -0.3 is 0 Å². The highest BCUT2D eigenvalue weighted by atomic mass is 35.5. The predicted molar refractivity (Wildman–Crippen MR) is 45.6 cm³/mol. The van der Waals surface area contributed by atoms with Crippen molar-refractivity contribution >= 4 is 21.7 Å². The van der Waals surface area contributed by atoms with E-state index in [-0.39, 0.29) is 5.69 Å². The molecule has 1 heterocycles. The first-order valence-corrected chi connectivity index (χ1v) is 5.03. The molecule has 1 radical (unpaired) electrons. The molecule has 0 aliphatic rings. The monoisotopic (exact) mass is 221 g/mol. The molecular weight excluding hydrogens is 216 g/mol. The van der Waals surface area contributed by atoms with Gasteiger partial charge in [-0.1, -0.05) is 11.6 Å². The van der Waals surface area contributed by atoms with Crippen LogP contribution in [0.2, 0.25) is 0 Å². The van der Waals surface area contributed by atoms with E-state index < -0.39 is 14.3 Å². The van der Waals surface area contributed by atoms with E-state index in [2.05, 4.69) is 16.3 Å². The summed E-state index contributed by atoms with van der Waals surface area (Å²) in [5.74, 6) is 0. The van der Waals surface area contributed by atoms with Crippen LogP contribution in [0.25, 0.3) is 0 Å². The number of rotatable bonds is 2. The molecular formula is C6H6ClN2O3S.